The normalized spacial score (nSPS) is 26.7. The van der Waals surface area contributed by atoms with Gasteiger partial charge in [-0.25, -0.2) is 0 Å². The minimum absolute atomic E-state index is 0.0854. The van der Waals surface area contributed by atoms with Crippen molar-refractivity contribution in [3.05, 3.63) is 45.7 Å². The summed E-state index contributed by atoms with van der Waals surface area (Å²) in [4.78, 5) is 29.8. The number of Topliss-reactive ketones (excluding diaryl/α,β-unsaturated/α-hetero) is 1. The number of nitrogens with zero attached hydrogens (tertiary/aromatic N) is 2. The van der Waals surface area contributed by atoms with Crippen LogP contribution >= 0.6 is 0 Å². The summed E-state index contributed by atoms with van der Waals surface area (Å²) in [5.41, 5.74) is 3.23. The molecular formula is C28H39N5O6. The third kappa shape index (κ3) is 4.73. The van der Waals surface area contributed by atoms with Gasteiger partial charge >= 0.3 is 0 Å². The number of nitrogens with one attached hydrogen (secondary N) is 2. The summed E-state index contributed by atoms with van der Waals surface area (Å²) < 4.78 is 0. The third-order valence-corrected chi connectivity index (χ3v) is 8.28. The summed E-state index contributed by atoms with van der Waals surface area (Å²) >= 11 is 0. The first kappa shape index (κ1) is 28.8. The molecule has 1 aromatic carbocycles. The van der Waals surface area contributed by atoms with Crippen LogP contribution in [0, 0.1) is 17.2 Å². The van der Waals surface area contributed by atoms with Crippen molar-refractivity contribution < 1.29 is 30.0 Å². The SMILES string of the molecule is CN(C)CCCCNCc1ccc(O)c2c1C[C@H]1C[C@H]3[C@H](N(C)C)C(O)=C(C(N)=O)C(=N)[C@@]3(O)C(=O)C1=C2O. The number of amides is 1. The third-order valence-electron chi connectivity index (χ3n) is 8.28. The van der Waals surface area contributed by atoms with Gasteiger partial charge in [-0.15, -0.1) is 0 Å². The van der Waals surface area contributed by atoms with Crippen molar-refractivity contribution in [2.45, 2.75) is 43.9 Å². The summed E-state index contributed by atoms with van der Waals surface area (Å²) in [6.45, 7) is 2.31. The second-order valence-electron chi connectivity index (χ2n) is 11.3. The Morgan fingerprint density at radius 1 is 1.18 bits per heavy atom. The number of aliphatic hydroxyl groups excluding tert-OH is 2. The molecule has 8 N–H and O–H groups in total. The Morgan fingerprint density at radius 3 is 2.49 bits per heavy atom. The molecule has 1 saturated carbocycles. The fourth-order valence-corrected chi connectivity index (χ4v) is 6.43. The minimum Gasteiger partial charge on any atom is -0.510 e. The first-order valence-corrected chi connectivity index (χ1v) is 13.2. The fourth-order valence-electron chi connectivity index (χ4n) is 6.43. The zero-order chi connectivity index (χ0) is 28.8. The van der Waals surface area contributed by atoms with Crippen LogP contribution in [0.25, 0.3) is 5.76 Å². The molecule has 1 amide bonds. The molecular weight excluding hydrogens is 502 g/mol. The topological polar surface area (TPSA) is 183 Å². The summed E-state index contributed by atoms with van der Waals surface area (Å²) in [6.07, 6.45) is 2.51. The van der Waals surface area contributed by atoms with E-state index in [2.05, 4.69) is 10.2 Å². The zero-order valence-corrected chi connectivity index (χ0v) is 22.9. The molecule has 1 fully saturated rings. The molecule has 11 nitrogen and oxygen atoms in total. The molecule has 0 bridgehead atoms. The zero-order valence-electron chi connectivity index (χ0n) is 22.9. The van der Waals surface area contributed by atoms with Gasteiger partial charge in [0.25, 0.3) is 5.91 Å². The van der Waals surface area contributed by atoms with Crippen LogP contribution in [0.1, 0.15) is 36.0 Å². The number of nitrogens with two attached hydrogens (primary N) is 1. The lowest BCUT2D eigenvalue weighted by atomic mass is 9.56. The number of primary amides is 1. The number of fused-ring (bicyclic) bond motifs is 3. The largest absolute Gasteiger partial charge is 0.510 e. The van der Waals surface area contributed by atoms with Gasteiger partial charge in [0.2, 0.25) is 5.78 Å². The molecule has 0 aliphatic heterocycles. The van der Waals surface area contributed by atoms with E-state index in [0.717, 1.165) is 31.5 Å². The Morgan fingerprint density at radius 2 is 1.87 bits per heavy atom. The van der Waals surface area contributed by atoms with Gasteiger partial charge in [0, 0.05) is 18.0 Å². The average Bonchev–Trinajstić information content (AvgIpc) is 2.84. The Balaban J connectivity index is 1.72. The van der Waals surface area contributed by atoms with Crippen LogP contribution in [0.5, 0.6) is 5.75 Å². The molecule has 0 aromatic heterocycles. The molecule has 212 valence electrons. The van der Waals surface area contributed by atoms with E-state index in [4.69, 9.17) is 11.1 Å². The summed E-state index contributed by atoms with van der Waals surface area (Å²) in [7, 11) is 7.34. The molecule has 39 heavy (non-hydrogen) atoms. The van der Waals surface area contributed by atoms with E-state index >= 15 is 0 Å². The summed E-state index contributed by atoms with van der Waals surface area (Å²) in [5, 5.41) is 56.7. The minimum atomic E-state index is -2.48. The number of aliphatic hydroxyl groups is 3. The predicted molar refractivity (Wildman–Crippen MR) is 146 cm³/mol. The van der Waals surface area contributed by atoms with E-state index in [1.54, 1.807) is 25.1 Å². The monoisotopic (exact) mass is 541 g/mol. The number of carbonyl (C=O) groups is 2. The molecule has 1 aromatic rings. The molecule has 0 heterocycles. The van der Waals surface area contributed by atoms with E-state index in [-0.39, 0.29) is 23.3 Å². The lowest BCUT2D eigenvalue weighted by molar-refractivity contribution is -0.138. The van der Waals surface area contributed by atoms with Gasteiger partial charge in [-0.2, -0.15) is 0 Å². The van der Waals surface area contributed by atoms with Crippen molar-refractivity contribution in [1.29, 1.82) is 5.41 Å². The number of hydrogen-bond acceptors (Lipinski definition) is 10. The van der Waals surface area contributed by atoms with E-state index in [0.29, 0.717) is 18.5 Å². The highest BCUT2D eigenvalue weighted by Crippen LogP contribution is 2.52. The Labute approximate surface area is 228 Å². The average molecular weight is 542 g/mol. The molecule has 11 heteroatoms. The lowest BCUT2D eigenvalue weighted by Gasteiger charge is -2.51. The fraction of sp³-hybridized carbons (Fsp3) is 0.536. The maximum absolute atomic E-state index is 13.9. The summed E-state index contributed by atoms with van der Waals surface area (Å²) in [5.74, 6) is -4.62. The molecule has 3 aliphatic carbocycles. The summed E-state index contributed by atoms with van der Waals surface area (Å²) in [6, 6.07) is 2.32. The van der Waals surface area contributed by atoms with E-state index in [1.807, 2.05) is 14.1 Å². The predicted octanol–water partition coefficient (Wildman–Crippen LogP) is 0.846. The van der Waals surface area contributed by atoms with Gasteiger partial charge < -0.3 is 41.8 Å². The quantitative estimate of drug-likeness (QED) is 0.223. The molecule has 0 unspecified atom stereocenters. The van der Waals surface area contributed by atoms with Crippen LogP contribution in [-0.4, -0.2) is 101 Å². The highest BCUT2D eigenvalue weighted by Gasteiger charge is 2.63. The number of phenols is 1. The number of unbranched alkanes of at least 4 members (excludes halogenated alkanes) is 1. The lowest BCUT2D eigenvalue weighted by Crippen LogP contribution is -2.67. The molecule has 4 rings (SSSR count). The van der Waals surface area contributed by atoms with Crippen LogP contribution in [0.15, 0.2) is 29.0 Å². The van der Waals surface area contributed by atoms with Crippen LogP contribution in [0.3, 0.4) is 0 Å². The number of benzene rings is 1. The Kier molecular flexibility index (Phi) is 7.91. The van der Waals surface area contributed by atoms with Gasteiger partial charge in [0.15, 0.2) is 5.60 Å². The second-order valence-corrected chi connectivity index (χ2v) is 11.3. The van der Waals surface area contributed by atoms with Crippen molar-refractivity contribution in [2.75, 3.05) is 41.3 Å². The van der Waals surface area contributed by atoms with Crippen LogP contribution < -0.4 is 11.1 Å². The number of hydrogen-bond donors (Lipinski definition) is 7. The standard InChI is InChI=1S/C28H39N5O6/c1-32(2)10-6-5-9-31-13-14-7-8-18(34)20-16(14)11-15-12-17-22(33(3)4)24(36)21(27(30)38)25(29)28(17,39)26(37)19(15)23(20)35/h7-8,15,17,22,29,31,34-36,39H,5-6,9-13H2,1-4H3,(H2,30,38)/t15-,17-,22-,28+/m0/s1. The number of carbonyl (C=O) groups excluding carboxylic acids is 2. The first-order valence-electron chi connectivity index (χ1n) is 13.2. The molecule has 3 aliphatic rings. The van der Waals surface area contributed by atoms with Crippen LogP contribution in [0.4, 0.5) is 0 Å². The number of phenolic OH excluding ortho intramolecular Hbond substituents is 1. The number of ketones is 1. The Bertz CT molecular complexity index is 1270. The molecule has 0 saturated heterocycles. The Hall–Kier alpha value is -3.25. The number of likely N-dealkylation sites (N-methyl/N-ethyl adjacent to an activating group) is 1. The van der Waals surface area contributed by atoms with Gasteiger partial charge in [-0.3, -0.25) is 14.5 Å². The van der Waals surface area contributed by atoms with E-state index in [9.17, 15) is 30.0 Å². The van der Waals surface area contributed by atoms with Crippen molar-refractivity contribution in [3.63, 3.8) is 0 Å². The first-order chi connectivity index (χ1) is 18.3. The van der Waals surface area contributed by atoms with Crippen molar-refractivity contribution in [2.24, 2.45) is 17.6 Å². The van der Waals surface area contributed by atoms with E-state index in [1.165, 1.54) is 6.07 Å². The van der Waals surface area contributed by atoms with E-state index < -0.39 is 58.0 Å². The molecule has 4 atom stereocenters. The highest BCUT2D eigenvalue weighted by molar-refractivity contribution is 6.33. The second kappa shape index (κ2) is 10.7. The molecule has 0 spiro atoms. The van der Waals surface area contributed by atoms with Crippen molar-refractivity contribution >= 4 is 23.2 Å². The maximum Gasteiger partial charge on any atom is 0.254 e. The van der Waals surface area contributed by atoms with Gasteiger partial charge in [-0.05, 0) is 90.1 Å². The number of aromatic hydroxyl groups is 1. The highest BCUT2D eigenvalue weighted by atomic mass is 16.3. The van der Waals surface area contributed by atoms with Gasteiger partial charge in [-0.1, -0.05) is 6.07 Å². The smallest absolute Gasteiger partial charge is 0.254 e. The van der Waals surface area contributed by atoms with Crippen LogP contribution in [-0.2, 0) is 22.6 Å². The molecule has 0 radical (unpaired) electrons. The van der Waals surface area contributed by atoms with Crippen LogP contribution in [0.2, 0.25) is 0 Å². The van der Waals surface area contributed by atoms with Gasteiger partial charge in [0.1, 0.15) is 22.8 Å². The van der Waals surface area contributed by atoms with Crippen molar-refractivity contribution in [3.8, 4) is 5.75 Å². The maximum atomic E-state index is 13.9. The van der Waals surface area contributed by atoms with Crippen molar-refractivity contribution in [1.82, 2.24) is 15.1 Å². The number of rotatable bonds is 9. The van der Waals surface area contributed by atoms with Gasteiger partial charge in [0.05, 0.1) is 17.3 Å².